The van der Waals surface area contributed by atoms with E-state index >= 15 is 0 Å². The van der Waals surface area contributed by atoms with Crippen molar-refractivity contribution in [2.75, 3.05) is 55.5 Å². The van der Waals surface area contributed by atoms with E-state index in [1.165, 1.54) is 38.5 Å². The molecule has 2 saturated heterocycles. The van der Waals surface area contributed by atoms with Gasteiger partial charge in [-0.25, -0.2) is 0 Å². The highest BCUT2D eigenvalue weighted by molar-refractivity contribution is 5.85. The minimum Gasteiger partial charge on any atom is -0.497 e. The third-order valence-electron chi connectivity index (χ3n) is 5.75. The maximum atomic E-state index is 5.38. The fraction of sp³-hybridized carbons (Fsp3) is 0.591. The fourth-order valence-corrected chi connectivity index (χ4v) is 4.05. The number of nitrogens with zero attached hydrogens (tertiary/aromatic N) is 5. The molecule has 34 heavy (non-hydrogen) atoms. The van der Waals surface area contributed by atoms with Gasteiger partial charge in [0.05, 0.1) is 14.2 Å². The van der Waals surface area contributed by atoms with E-state index in [1.54, 1.807) is 14.2 Å². The smallest absolute Gasteiger partial charge is 0.231 e. The summed E-state index contributed by atoms with van der Waals surface area (Å²) in [5.41, 5.74) is 1.05. The minimum atomic E-state index is 0. The van der Waals surface area contributed by atoms with Gasteiger partial charge in [-0.05, 0) is 56.2 Å². The number of aromatic nitrogens is 3. The predicted octanol–water partition coefficient (Wildman–Crippen LogP) is 5.13. The number of rotatable bonds is 7. The summed E-state index contributed by atoms with van der Waals surface area (Å²) >= 11 is 0. The van der Waals surface area contributed by atoms with Crippen molar-refractivity contribution in [1.29, 1.82) is 0 Å². The standard InChI is InChI=1S/C22H32N6O2.ClH.3H3N.3H2/c1-29-18-13-17(14-19(15-18)30-2)16-23-20-24-21(27-9-5-3-6-10-27)26-22(25-20)28-11-7-4-8-12-28;;;;;;;/h13-15H,3-12,16H2,1-2H3,(H,23,24,25,26);1H;3*1H3;3*1H. The third-order valence-corrected chi connectivity index (χ3v) is 5.75. The van der Waals surface area contributed by atoms with Gasteiger partial charge in [0.2, 0.25) is 17.8 Å². The highest BCUT2D eigenvalue weighted by Crippen LogP contribution is 2.25. The highest BCUT2D eigenvalue weighted by atomic mass is 35.5. The summed E-state index contributed by atoms with van der Waals surface area (Å²) in [4.78, 5) is 18.9. The van der Waals surface area contributed by atoms with Gasteiger partial charge >= 0.3 is 0 Å². The average Bonchev–Trinajstić information content (AvgIpc) is 2.83. The second-order valence-corrected chi connectivity index (χ2v) is 7.93. The number of nitrogens with one attached hydrogen (secondary N) is 1. The van der Waals surface area contributed by atoms with Crippen LogP contribution in [0.2, 0.25) is 0 Å². The van der Waals surface area contributed by atoms with E-state index in [0.717, 1.165) is 55.1 Å². The van der Waals surface area contributed by atoms with Crippen LogP contribution in [0.15, 0.2) is 18.2 Å². The zero-order valence-electron chi connectivity index (χ0n) is 20.6. The molecule has 2 aromatic rings. The molecule has 0 spiro atoms. The van der Waals surface area contributed by atoms with Crippen LogP contribution in [0.4, 0.5) is 17.8 Å². The first kappa shape index (κ1) is 31.4. The van der Waals surface area contributed by atoms with Gasteiger partial charge in [-0.15, -0.1) is 12.4 Å². The van der Waals surface area contributed by atoms with Gasteiger partial charge < -0.3 is 43.0 Å². The molecule has 1 aromatic carbocycles. The minimum absolute atomic E-state index is 0. The van der Waals surface area contributed by atoms with Crippen molar-refractivity contribution in [2.24, 2.45) is 0 Å². The van der Waals surface area contributed by atoms with Gasteiger partial charge in [0.25, 0.3) is 0 Å². The number of hydrogen-bond acceptors (Lipinski definition) is 11. The Hall–Kier alpha value is -2.60. The molecule has 2 aliphatic heterocycles. The quantitative estimate of drug-likeness (QED) is 0.391. The van der Waals surface area contributed by atoms with E-state index in [4.69, 9.17) is 24.4 Å². The maximum Gasteiger partial charge on any atom is 0.231 e. The Bertz CT molecular complexity index is 804. The van der Waals surface area contributed by atoms with Crippen molar-refractivity contribution in [2.45, 2.75) is 45.1 Å². The van der Waals surface area contributed by atoms with Crippen molar-refractivity contribution >= 4 is 30.3 Å². The van der Waals surface area contributed by atoms with Gasteiger partial charge in [0.15, 0.2) is 0 Å². The van der Waals surface area contributed by atoms with Gasteiger partial charge in [-0.1, -0.05) is 0 Å². The molecule has 1 aromatic heterocycles. The van der Waals surface area contributed by atoms with Crippen LogP contribution in [0.5, 0.6) is 11.5 Å². The fourth-order valence-electron chi connectivity index (χ4n) is 4.05. The first-order valence-electron chi connectivity index (χ1n) is 11.0. The first-order valence-corrected chi connectivity index (χ1v) is 11.0. The Labute approximate surface area is 213 Å². The van der Waals surface area contributed by atoms with Crippen molar-refractivity contribution < 1.29 is 13.8 Å². The zero-order chi connectivity index (χ0) is 20.8. The highest BCUT2D eigenvalue weighted by Gasteiger charge is 2.20. The molecule has 10 N–H and O–H groups in total. The molecule has 200 valence electrons. The van der Waals surface area contributed by atoms with Gasteiger partial charge in [-0.3, -0.25) is 0 Å². The molecule has 0 bridgehead atoms. The molecular weight excluding hydrogens is 458 g/mol. The lowest BCUT2D eigenvalue weighted by atomic mass is 10.1. The number of piperidine rings is 2. The van der Waals surface area contributed by atoms with Crippen LogP contribution >= 0.6 is 12.4 Å². The summed E-state index contributed by atoms with van der Waals surface area (Å²) in [6.45, 7) is 4.62. The van der Waals surface area contributed by atoms with Crippen LogP contribution in [0.3, 0.4) is 0 Å². The van der Waals surface area contributed by atoms with Crippen LogP contribution in [-0.2, 0) is 6.54 Å². The molecule has 0 amide bonds. The number of ether oxygens (including phenoxy) is 2. The van der Waals surface area contributed by atoms with Crippen molar-refractivity contribution in [3.8, 4) is 11.5 Å². The molecule has 4 rings (SSSR count). The lowest BCUT2D eigenvalue weighted by molar-refractivity contribution is 0.393. The van der Waals surface area contributed by atoms with Crippen molar-refractivity contribution in [3.05, 3.63) is 23.8 Å². The summed E-state index contributed by atoms with van der Waals surface area (Å²) in [7, 11) is 3.32. The Kier molecular flexibility index (Phi) is 14.2. The number of methoxy groups -OCH3 is 2. The van der Waals surface area contributed by atoms with Crippen molar-refractivity contribution in [3.63, 3.8) is 0 Å². The molecule has 12 heteroatoms. The molecule has 11 nitrogen and oxygen atoms in total. The summed E-state index contributed by atoms with van der Waals surface area (Å²) in [6.07, 6.45) is 7.33. The summed E-state index contributed by atoms with van der Waals surface area (Å²) < 4.78 is 10.8. The van der Waals surface area contributed by atoms with E-state index in [0.29, 0.717) is 12.5 Å². The number of anilines is 3. The summed E-state index contributed by atoms with van der Waals surface area (Å²) in [6, 6.07) is 5.86. The Morgan fingerprint density at radius 3 is 1.59 bits per heavy atom. The molecule has 2 fully saturated rings. The molecule has 0 atom stereocenters. The number of hydrogen-bond donors (Lipinski definition) is 4. The van der Waals surface area contributed by atoms with Crippen LogP contribution in [0.1, 0.15) is 48.4 Å². The lowest BCUT2D eigenvalue weighted by Crippen LogP contribution is -2.34. The SMILES string of the molecule is COc1cc(CNc2nc(N3CCCCC3)nc(N3CCCCC3)n2)cc(OC)c1.Cl.N.N.N.[HH].[HH].[HH]. The molecule has 0 aliphatic carbocycles. The summed E-state index contributed by atoms with van der Waals surface area (Å²) in [5, 5.41) is 3.40. The second-order valence-electron chi connectivity index (χ2n) is 7.93. The topological polar surface area (TPSA) is 181 Å². The van der Waals surface area contributed by atoms with Crippen LogP contribution in [-0.4, -0.2) is 55.4 Å². The molecule has 0 radical (unpaired) electrons. The van der Waals surface area contributed by atoms with E-state index in [9.17, 15) is 0 Å². The van der Waals surface area contributed by atoms with Gasteiger partial charge in [0.1, 0.15) is 11.5 Å². The molecule has 0 saturated carbocycles. The predicted molar refractivity (Wildman–Crippen MR) is 147 cm³/mol. The van der Waals surface area contributed by atoms with Crippen molar-refractivity contribution in [1.82, 2.24) is 33.4 Å². The van der Waals surface area contributed by atoms with E-state index in [2.05, 4.69) is 15.1 Å². The maximum absolute atomic E-state index is 5.38. The monoisotopic (exact) mass is 505 g/mol. The Balaban J connectivity index is -0.000000778. The van der Waals surface area contributed by atoms with Gasteiger partial charge in [-0.2, -0.15) is 15.0 Å². The number of halogens is 1. The third kappa shape index (κ3) is 8.01. The second kappa shape index (κ2) is 15.3. The Morgan fingerprint density at radius 1 is 0.735 bits per heavy atom. The van der Waals surface area contributed by atoms with Gasteiger partial charge in [0, 0.05) is 43.1 Å². The molecule has 0 unspecified atom stereocenters. The van der Waals surface area contributed by atoms with Crippen LogP contribution < -0.4 is 43.0 Å². The largest absolute Gasteiger partial charge is 0.497 e. The van der Waals surface area contributed by atoms with E-state index in [1.807, 2.05) is 18.2 Å². The van der Waals surface area contributed by atoms with Crippen LogP contribution in [0.25, 0.3) is 0 Å². The normalized spacial score (nSPS) is 15.0. The first-order chi connectivity index (χ1) is 14.7. The Morgan fingerprint density at radius 2 is 1.18 bits per heavy atom. The molecular formula is C22H48ClN9O2. The molecule has 3 heterocycles. The summed E-state index contributed by atoms with van der Waals surface area (Å²) in [5.74, 6) is 3.73. The lowest BCUT2D eigenvalue weighted by Gasteiger charge is -2.30. The molecule has 2 aliphatic rings. The number of benzene rings is 1. The van der Waals surface area contributed by atoms with E-state index < -0.39 is 0 Å². The van der Waals surface area contributed by atoms with Crippen LogP contribution in [0, 0.1) is 0 Å². The average molecular weight is 506 g/mol. The van der Waals surface area contributed by atoms with E-state index in [-0.39, 0.29) is 35.1 Å². The zero-order valence-corrected chi connectivity index (χ0v) is 21.4.